The second-order valence-electron chi connectivity index (χ2n) is 3.38. The SMILES string of the molecule is CCNc1cccc(C(=O)Nc2cn[nH]c2)n1. The number of amides is 1. The standard InChI is InChI=1S/C11H13N5O/c1-2-12-10-5-3-4-9(16-10)11(17)15-8-6-13-14-7-8/h3-7H,2H2,1H3,(H,12,16)(H,13,14)(H,15,17). The van der Waals surface area contributed by atoms with Crippen LogP contribution in [-0.4, -0.2) is 27.6 Å². The lowest BCUT2D eigenvalue weighted by atomic mass is 10.3. The van der Waals surface area contributed by atoms with Crippen LogP contribution in [0.3, 0.4) is 0 Å². The first kappa shape index (κ1) is 11.1. The van der Waals surface area contributed by atoms with Crippen LogP contribution in [0.4, 0.5) is 11.5 Å². The molecule has 2 heterocycles. The number of anilines is 2. The third kappa shape index (κ3) is 2.81. The minimum absolute atomic E-state index is 0.258. The van der Waals surface area contributed by atoms with Gasteiger partial charge in [-0.3, -0.25) is 9.89 Å². The predicted octanol–water partition coefficient (Wildman–Crippen LogP) is 1.49. The molecule has 0 fully saturated rings. The van der Waals surface area contributed by atoms with Gasteiger partial charge in [0.15, 0.2) is 0 Å². The minimum atomic E-state index is -0.258. The van der Waals surface area contributed by atoms with Gasteiger partial charge >= 0.3 is 0 Å². The van der Waals surface area contributed by atoms with Crippen molar-refractivity contribution in [1.82, 2.24) is 15.2 Å². The normalized spacial score (nSPS) is 9.94. The number of hydrogen-bond acceptors (Lipinski definition) is 4. The van der Waals surface area contributed by atoms with E-state index in [1.165, 1.54) is 6.20 Å². The Hall–Kier alpha value is -2.37. The molecule has 17 heavy (non-hydrogen) atoms. The maximum Gasteiger partial charge on any atom is 0.274 e. The number of nitrogens with zero attached hydrogens (tertiary/aromatic N) is 2. The van der Waals surface area contributed by atoms with Crippen LogP contribution in [0.15, 0.2) is 30.6 Å². The van der Waals surface area contributed by atoms with Crippen LogP contribution in [0, 0.1) is 0 Å². The van der Waals surface area contributed by atoms with Crippen LogP contribution in [-0.2, 0) is 0 Å². The Morgan fingerprint density at radius 1 is 1.47 bits per heavy atom. The fraction of sp³-hybridized carbons (Fsp3) is 0.182. The molecule has 2 rings (SSSR count). The monoisotopic (exact) mass is 231 g/mol. The van der Waals surface area contributed by atoms with Gasteiger partial charge in [0.25, 0.3) is 5.91 Å². The van der Waals surface area contributed by atoms with Gasteiger partial charge in [-0.05, 0) is 19.1 Å². The summed E-state index contributed by atoms with van der Waals surface area (Å²) < 4.78 is 0. The zero-order chi connectivity index (χ0) is 12.1. The van der Waals surface area contributed by atoms with Gasteiger partial charge in [-0.15, -0.1) is 0 Å². The molecule has 0 spiro atoms. The molecule has 3 N–H and O–H groups in total. The summed E-state index contributed by atoms with van der Waals surface area (Å²) in [5.41, 5.74) is 0.982. The molecule has 0 atom stereocenters. The Morgan fingerprint density at radius 2 is 2.35 bits per heavy atom. The fourth-order valence-electron chi connectivity index (χ4n) is 1.36. The first-order valence-corrected chi connectivity index (χ1v) is 5.30. The zero-order valence-corrected chi connectivity index (χ0v) is 9.40. The molecule has 0 aliphatic carbocycles. The van der Waals surface area contributed by atoms with Crippen LogP contribution in [0.1, 0.15) is 17.4 Å². The largest absolute Gasteiger partial charge is 0.370 e. The molecular formula is C11H13N5O. The lowest BCUT2D eigenvalue weighted by Crippen LogP contribution is -2.14. The summed E-state index contributed by atoms with van der Waals surface area (Å²) in [6.07, 6.45) is 3.14. The van der Waals surface area contributed by atoms with E-state index in [9.17, 15) is 4.79 Å². The van der Waals surface area contributed by atoms with Gasteiger partial charge in [0.1, 0.15) is 11.5 Å². The predicted molar refractivity (Wildman–Crippen MR) is 64.9 cm³/mol. The summed E-state index contributed by atoms with van der Waals surface area (Å²) in [6.45, 7) is 2.74. The Labute approximate surface area is 98.5 Å². The van der Waals surface area contributed by atoms with Crippen LogP contribution in [0.2, 0.25) is 0 Å². The molecule has 0 bridgehead atoms. The number of carbonyl (C=O) groups is 1. The first-order chi connectivity index (χ1) is 8.29. The number of aromatic amines is 1. The fourth-order valence-corrected chi connectivity index (χ4v) is 1.36. The van der Waals surface area contributed by atoms with Gasteiger partial charge in [-0.1, -0.05) is 6.07 Å². The highest BCUT2D eigenvalue weighted by Crippen LogP contribution is 2.08. The number of aromatic nitrogens is 3. The first-order valence-electron chi connectivity index (χ1n) is 5.30. The quantitative estimate of drug-likeness (QED) is 0.744. The number of H-pyrrole nitrogens is 1. The maximum absolute atomic E-state index is 11.8. The Balaban J connectivity index is 2.11. The van der Waals surface area contributed by atoms with E-state index in [2.05, 4.69) is 25.8 Å². The second-order valence-corrected chi connectivity index (χ2v) is 3.38. The van der Waals surface area contributed by atoms with Crippen LogP contribution < -0.4 is 10.6 Å². The Bertz CT molecular complexity index is 494. The van der Waals surface area contributed by atoms with E-state index < -0.39 is 0 Å². The Kier molecular flexibility index (Phi) is 3.34. The van der Waals surface area contributed by atoms with E-state index in [0.717, 1.165) is 6.54 Å². The molecule has 1 amide bonds. The average Bonchev–Trinajstić information content (AvgIpc) is 2.83. The average molecular weight is 231 g/mol. The molecule has 2 aromatic heterocycles. The molecule has 0 aliphatic rings. The third-order valence-corrected chi connectivity index (χ3v) is 2.10. The summed E-state index contributed by atoms with van der Waals surface area (Å²) in [7, 11) is 0. The zero-order valence-electron chi connectivity index (χ0n) is 9.40. The number of hydrogen-bond donors (Lipinski definition) is 3. The molecule has 0 saturated carbocycles. The van der Waals surface area contributed by atoms with Crippen LogP contribution in [0.5, 0.6) is 0 Å². The topological polar surface area (TPSA) is 82.7 Å². The lowest BCUT2D eigenvalue weighted by molar-refractivity contribution is 0.102. The van der Waals surface area contributed by atoms with Crippen molar-refractivity contribution in [2.24, 2.45) is 0 Å². The van der Waals surface area contributed by atoms with Crippen molar-refractivity contribution in [2.75, 3.05) is 17.2 Å². The summed E-state index contributed by atoms with van der Waals surface area (Å²) in [6, 6.07) is 5.27. The van der Waals surface area contributed by atoms with Crippen LogP contribution in [0.25, 0.3) is 0 Å². The molecule has 88 valence electrons. The molecule has 0 radical (unpaired) electrons. The lowest BCUT2D eigenvalue weighted by Gasteiger charge is -2.05. The number of carbonyl (C=O) groups excluding carboxylic acids is 1. The highest BCUT2D eigenvalue weighted by Gasteiger charge is 2.08. The van der Waals surface area contributed by atoms with Crippen molar-refractivity contribution >= 4 is 17.4 Å². The molecule has 0 unspecified atom stereocenters. The van der Waals surface area contributed by atoms with Gasteiger partial charge in [-0.2, -0.15) is 5.10 Å². The maximum atomic E-state index is 11.8. The van der Waals surface area contributed by atoms with Crippen molar-refractivity contribution < 1.29 is 4.79 Å². The molecule has 0 aliphatic heterocycles. The summed E-state index contributed by atoms with van der Waals surface area (Å²) in [5, 5.41) is 12.1. The molecule has 0 saturated heterocycles. The van der Waals surface area contributed by atoms with Gasteiger partial charge in [0, 0.05) is 12.7 Å². The van der Waals surface area contributed by atoms with E-state index in [0.29, 0.717) is 17.2 Å². The highest BCUT2D eigenvalue weighted by atomic mass is 16.1. The van der Waals surface area contributed by atoms with Crippen molar-refractivity contribution in [3.8, 4) is 0 Å². The number of pyridine rings is 1. The van der Waals surface area contributed by atoms with E-state index >= 15 is 0 Å². The molecule has 6 nitrogen and oxygen atoms in total. The van der Waals surface area contributed by atoms with E-state index in [4.69, 9.17) is 0 Å². The molecule has 2 aromatic rings. The van der Waals surface area contributed by atoms with E-state index in [-0.39, 0.29) is 5.91 Å². The highest BCUT2D eigenvalue weighted by molar-refractivity contribution is 6.02. The molecular weight excluding hydrogens is 218 g/mol. The van der Waals surface area contributed by atoms with Crippen molar-refractivity contribution in [1.29, 1.82) is 0 Å². The summed E-state index contributed by atoms with van der Waals surface area (Å²) in [4.78, 5) is 16.0. The van der Waals surface area contributed by atoms with Crippen molar-refractivity contribution in [3.05, 3.63) is 36.3 Å². The molecule has 0 aromatic carbocycles. The number of nitrogens with one attached hydrogen (secondary N) is 3. The van der Waals surface area contributed by atoms with E-state index in [1.54, 1.807) is 18.3 Å². The summed E-state index contributed by atoms with van der Waals surface area (Å²) in [5.74, 6) is 0.429. The Morgan fingerprint density at radius 3 is 3.06 bits per heavy atom. The van der Waals surface area contributed by atoms with E-state index in [1.807, 2.05) is 13.0 Å². The summed E-state index contributed by atoms with van der Waals surface area (Å²) >= 11 is 0. The van der Waals surface area contributed by atoms with Gasteiger partial charge in [-0.25, -0.2) is 4.98 Å². The second kappa shape index (κ2) is 5.11. The van der Waals surface area contributed by atoms with Gasteiger partial charge in [0.2, 0.25) is 0 Å². The van der Waals surface area contributed by atoms with Gasteiger partial charge in [0.05, 0.1) is 11.9 Å². The van der Waals surface area contributed by atoms with Crippen LogP contribution >= 0.6 is 0 Å². The van der Waals surface area contributed by atoms with Crippen molar-refractivity contribution in [2.45, 2.75) is 6.92 Å². The number of rotatable bonds is 4. The molecule has 6 heteroatoms. The smallest absolute Gasteiger partial charge is 0.274 e. The van der Waals surface area contributed by atoms with Crippen molar-refractivity contribution in [3.63, 3.8) is 0 Å². The minimum Gasteiger partial charge on any atom is -0.370 e. The third-order valence-electron chi connectivity index (χ3n) is 2.10. The van der Waals surface area contributed by atoms with Gasteiger partial charge < -0.3 is 10.6 Å².